The average molecular weight is 186 g/mol. The number of rotatable bonds is 0. The number of hydrogen-bond acceptors (Lipinski definition) is 3. The minimum atomic E-state index is -3.54. The van der Waals surface area contributed by atoms with E-state index in [1.54, 1.807) is 24.3 Å². The van der Waals surface area contributed by atoms with Crippen molar-refractivity contribution in [2.45, 2.75) is 0 Å². The Morgan fingerprint density at radius 1 is 1.33 bits per heavy atom. The van der Waals surface area contributed by atoms with Gasteiger partial charge < -0.3 is 14.2 Å². The molecule has 64 valence electrons. The van der Waals surface area contributed by atoms with Crippen LogP contribution < -0.4 is 9.26 Å². The van der Waals surface area contributed by atoms with Gasteiger partial charge in [0.05, 0.1) is 0 Å². The van der Waals surface area contributed by atoms with Crippen molar-refractivity contribution in [2.75, 3.05) is 6.35 Å². The van der Waals surface area contributed by atoms with Crippen LogP contribution in [0.15, 0.2) is 24.3 Å². The molecule has 1 heterocycles. The highest BCUT2D eigenvalue weighted by Crippen LogP contribution is 2.49. The van der Waals surface area contributed by atoms with Crippen molar-refractivity contribution < 1.29 is 18.7 Å². The minimum Gasteiger partial charge on any atom is -0.476 e. The van der Waals surface area contributed by atoms with E-state index >= 15 is 0 Å². The van der Waals surface area contributed by atoms with Gasteiger partial charge in [-0.1, -0.05) is 12.1 Å². The first kappa shape index (κ1) is 7.65. The van der Waals surface area contributed by atoms with E-state index in [4.69, 9.17) is 14.2 Å². The topological polar surface area (TPSA) is 55.8 Å². The Bertz CT molecular complexity index is 349. The summed E-state index contributed by atoms with van der Waals surface area (Å²) in [6, 6.07) is 6.77. The lowest BCUT2D eigenvalue weighted by Gasteiger charge is -2.21. The quantitative estimate of drug-likeness (QED) is 0.625. The van der Waals surface area contributed by atoms with E-state index in [0.29, 0.717) is 11.5 Å². The zero-order chi connectivity index (χ0) is 8.60. The molecule has 1 aromatic carbocycles. The number of fused-ring (bicyclic) bond motifs is 1. The van der Waals surface area contributed by atoms with E-state index in [1.165, 1.54) is 0 Å². The van der Waals surface area contributed by atoms with Crippen molar-refractivity contribution in [3.63, 3.8) is 0 Å². The van der Waals surface area contributed by atoms with Gasteiger partial charge in [-0.3, -0.25) is 0 Å². The predicted octanol–water partition coefficient (Wildman–Crippen LogP) is 1.60. The molecule has 0 saturated heterocycles. The molecule has 12 heavy (non-hydrogen) atoms. The Morgan fingerprint density at radius 3 is 2.75 bits per heavy atom. The molecule has 0 aromatic heterocycles. The van der Waals surface area contributed by atoms with Crippen LogP contribution in [0.4, 0.5) is 0 Å². The fourth-order valence-electron chi connectivity index (χ4n) is 0.976. The van der Waals surface area contributed by atoms with Gasteiger partial charge in [0.25, 0.3) is 0 Å². The third-order valence-corrected chi connectivity index (χ3v) is 2.41. The zero-order valence-corrected chi connectivity index (χ0v) is 7.03. The number of hydrogen-bond donors (Lipinski definition) is 1. The monoisotopic (exact) mass is 186 g/mol. The molecule has 0 fully saturated rings. The van der Waals surface area contributed by atoms with Crippen LogP contribution in [0.25, 0.3) is 0 Å². The van der Waals surface area contributed by atoms with Crippen LogP contribution in [0.1, 0.15) is 0 Å². The molecule has 0 amide bonds. The second kappa shape index (κ2) is 2.51. The van der Waals surface area contributed by atoms with Crippen LogP contribution in [0.5, 0.6) is 11.5 Å². The highest BCUT2D eigenvalue weighted by atomic mass is 31.2. The largest absolute Gasteiger partial charge is 0.476 e. The molecule has 1 unspecified atom stereocenters. The Hall–Kier alpha value is -0.990. The Labute approximate surface area is 69.3 Å². The number of ether oxygens (including phenoxy) is 1. The summed E-state index contributed by atoms with van der Waals surface area (Å²) in [4.78, 5) is 9.03. The third-order valence-electron chi connectivity index (χ3n) is 1.47. The lowest BCUT2D eigenvalue weighted by Crippen LogP contribution is -2.09. The molecular weight excluding hydrogens is 179 g/mol. The van der Waals surface area contributed by atoms with E-state index in [1.807, 2.05) is 0 Å². The van der Waals surface area contributed by atoms with Crippen LogP contribution in [0, 0.1) is 0 Å². The first-order chi connectivity index (χ1) is 5.67. The zero-order valence-electron chi connectivity index (χ0n) is 6.14. The average Bonchev–Trinajstić information content (AvgIpc) is 2.02. The molecule has 1 aliphatic heterocycles. The maximum atomic E-state index is 11.0. The smallest absolute Gasteiger partial charge is 0.413 e. The molecule has 0 saturated carbocycles. The molecule has 2 rings (SSSR count). The van der Waals surface area contributed by atoms with Crippen LogP contribution in [0.3, 0.4) is 0 Å². The van der Waals surface area contributed by atoms with Gasteiger partial charge in [-0.15, -0.1) is 0 Å². The molecule has 1 aromatic rings. The predicted molar refractivity (Wildman–Crippen MR) is 42.4 cm³/mol. The second-order valence-corrected chi connectivity index (χ2v) is 4.16. The van der Waals surface area contributed by atoms with Gasteiger partial charge in [-0.25, -0.2) is 4.57 Å². The molecule has 0 aliphatic carbocycles. The highest BCUT2D eigenvalue weighted by molar-refractivity contribution is 7.53. The Balaban J connectivity index is 2.42. The Kier molecular flexibility index (Phi) is 1.60. The molecule has 1 N–H and O–H groups in total. The number of para-hydroxylation sites is 2. The van der Waals surface area contributed by atoms with Crippen molar-refractivity contribution in [3.05, 3.63) is 24.3 Å². The Morgan fingerprint density at radius 2 is 2.00 bits per heavy atom. The van der Waals surface area contributed by atoms with Crippen LogP contribution in [-0.4, -0.2) is 11.2 Å². The standard InChI is InChI=1S/C7H7O4P/c8-12(9)5-10-6-3-1-2-4-7(6)11-12/h1-4H,5H2,(H,8,9). The van der Waals surface area contributed by atoms with Gasteiger partial charge in [0.2, 0.25) is 6.35 Å². The normalized spacial score (nSPS) is 26.8. The fourth-order valence-corrected chi connectivity index (χ4v) is 1.79. The summed E-state index contributed by atoms with van der Waals surface area (Å²) >= 11 is 0. The second-order valence-electron chi connectivity index (χ2n) is 2.45. The summed E-state index contributed by atoms with van der Waals surface area (Å²) in [5.41, 5.74) is 0. The van der Waals surface area contributed by atoms with Gasteiger partial charge in [-0.2, -0.15) is 0 Å². The molecule has 0 spiro atoms. The van der Waals surface area contributed by atoms with Crippen LogP contribution >= 0.6 is 7.60 Å². The number of benzene rings is 1. The highest BCUT2D eigenvalue weighted by Gasteiger charge is 2.28. The molecule has 0 bridgehead atoms. The van der Waals surface area contributed by atoms with E-state index in [9.17, 15) is 4.57 Å². The summed E-state index contributed by atoms with van der Waals surface area (Å²) in [6.45, 7) is 0. The minimum absolute atomic E-state index is 0.274. The summed E-state index contributed by atoms with van der Waals surface area (Å²) in [5.74, 6) is 0.840. The summed E-state index contributed by atoms with van der Waals surface area (Å²) in [5, 5.41) is 0. The maximum Gasteiger partial charge on any atom is 0.413 e. The van der Waals surface area contributed by atoms with Crippen LogP contribution in [-0.2, 0) is 4.57 Å². The molecule has 1 atom stereocenters. The van der Waals surface area contributed by atoms with Crippen molar-refractivity contribution in [1.29, 1.82) is 0 Å². The lowest BCUT2D eigenvalue weighted by molar-refractivity contribution is 0.270. The van der Waals surface area contributed by atoms with Gasteiger partial charge >= 0.3 is 7.60 Å². The molecular formula is C7H7O4P. The summed E-state index contributed by atoms with van der Waals surface area (Å²) in [7, 11) is -3.54. The van der Waals surface area contributed by atoms with Crippen molar-refractivity contribution in [3.8, 4) is 11.5 Å². The lowest BCUT2D eigenvalue weighted by atomic mass is 10.3. The van der Waals surface area contributed by atoms with Gasteiger partial charge in [-0.05, 0) is 12.1 Å². The van der Waals surface area contributed by atoms with Crippen LogP contribution in [0.2, 0.25) is 0 Å². The van der Waals surface area contributed by atoms with Gasteiger partial charge in [0, 0.05) is 0 Å². The van der Waals surface area contributed by atoms with E-state index in [-0.39, 0.29) is 6.35 Å². The van der Waals surface area contributed by atoms with Gasteiger partial charge in [0.15, 0.2) is 11.5 Å². The molecule has 4 nitrogen and oxygen atoms in total. The summed E-state index contributed by atoms with van der Waals surface area (Å²) in [6.07, 6.45) is -0.274. The van der Waals surface area contributed by atoms with E-state index < -0.39 is 7.60 Å². The first-order valence-electron chi connectivity index (χ1n) is 3.41. The third kappa shape index (κ3) is 1.31. The van der Waals surface area contributed by atoms with Crippen molar-refractivity contribution >= 4 is 7.60 Å². The molecule has 5 heteroatoms. The van der Waals surface area contributed by atoms with Crippen molar-refractivity contribution in [1.82, 2.24) is 0 Å². The van der Waals surface area contributed by atoms with E-state index in [2.05, 4.69) is 0 Å². The van der Waals surface area contributed by atoms with Crippen molar-refractivity contribution in [2.24, 2.45) is 0 Å². The van der Waals surface area contributed by atoms with E-state index in [0.717, 1.165) is 0 Å². The maximum absolute atomic E-state index is 11.0. The molecule has 1 aliphatic rings. The molecule has 0 radical (unpaired) electrons. The van der Waals surface area contributed by atoms with Gasteiger partial charge in [0.1, 0.15) is 0 Å². The SMILES string of the molecule is O=P1(O)COc2ccccc2O1. The first-order valence-corrected chi connectivity index (χ1v) is 5.17. The summed E-state index contributed by atoms with van der Waals surface area (Å²) < 4.78 is 20.8. The fraction of sp³-hybridized carbons (Fsp3) is 0.143.